The highest BCUT2D eigenvalue weighted by molar-refractivity contribution is 6.74. The molecule has 0 saturated heterocycles. The van der Waals surface area contributed by atoms with Gasteiger partial charge in [-0.15, -0.1) is 0 Å². The average Bonchev–Trinajstić information content (AvgIpc) is 2.58. The summed E-state index contributed by atoms with van der Waals surface area (Å²) < 4.78 is 6.30. The number of aromatic carboxylic acids is 1. The van der Waals surface area contributed by atoms with Crippen LogP contribution in [0, 0.1) is 0 Å². The number of halogens is 1. The standard InChI is InChI=1S/C21H26ClNO4Si/c1-21(2,3)28(4,5)27-16-8-6-7-14(11-16)13-23-19(24)15-9-10-17(20(25)26)18(22)12-15/h6-12H,13H2,1-5H3,(H,23,24)(H,25,26). The van der Waals surface area contributed by atoms with Gasteiger partial charge in [-0.1, -0.05) is 44.5 Å². The molecule has 0 fully saturated rings. The second-order valence-electron chi connectivity index (χ2n) is 8.19. The van der Waals surface area contributed by atoms with Crippen molar-refractivity contribution in [1.82, 2.24) is 5.32 Å². The highest BCUT2D eigenvalue weighted by Gasteiger charge is 2.38. The molecule has 1 amide bonds. The van der Waals surface area contributed by atoms with Gasteiger partial charge in [0.25, 0.3) is 5.91 Å². The Morgan fingerprint density at radius 2 is 1.82 bits per heavy atom. The summed E-state index contributed by atoms with van der Waals surface area (Å²) in [5.41, 5.74) is 1.19. The number of hydrogen-bond donors (Lipinski definition) is 2. The third kappa shape index (κ3) is 5.36. The minimum absolute atomic E-state index is 0.0323. The topological polar surface area (TPSA) is 75.6 Å². The molecule has 0 aliphatic heterocycles. The number of carbonyl (C=O) groups excluding carboxylic acids is 1. The molecule has 2 aromatic rings. The molecule has 0 heterocycles. The first kappa shape index (κ1) is 22.0. The van der Waals surface area contributed by atoms with Crippen LogP contribution < -0.4 is 9.74 Å². The SMILES string of the molecule is CC(C)(C)[Si](C)(C)Oc1cccc(CNC(=O)c2ccc(C(=O)O)c(Cl)c2)c1. The maximum absolute atomic E-state index is 12.4. The predicted octanol–water partition coefficient (Wildman–Crippen LogP) is 5.35. The molecule has 2 N–H and O–H groups in total. The first-order chi connectivity index (χ1) is 12.9. The fraction of sp³-hybridized carbons (Fsp3) is 0.333. The van der Waals surface area contributed by atoms with Crippen LogP contribution in [0.4, 0.5) is 0 Å². The molecule has 2 rings (SSSR count). The number of amides is 1. The number of hydrogen-bond acceptors (Lipinski definition) is 3. The monoisotopic (exact) mass is 419 g/mol. The molecule has 0 aromatic heterocycles. The Bertz CT molecular complexity index is 890. The number of benzene rings is 2. The third-order valence-electron chi connectivity index (χ3n) is 4.99. The van der Waals surface area contributed by atoms with Crippen molar-refractivity contribution in [3.8, 4) is 5.75 Å². The van der Waals surface area contributed by atoms with Gasteiger partial charge in [0, 0.05) is 12.1 Å². The van der Waals surface area contributed by atoms with E-state index in [9.17, 15) is 9.59 Å². The van der Waals surface area contributed by atoms with E-state index < -0.39 is 14.3 Å². The molecule has 2 aromatic carbocycles. The first-order valence-electron chi connectivity index (χ1n) is 9.00. The van der Waals surface area contributed by atoms with Crippen LogP contribution in [0.5, 0.6) is 5.75 Å². The first-order valence-corrected chi connectivity index (χ1v) is 12.3. The van der Waals surface area contributed by atoms with Crippen molar-refractivity contribution in [2.75, 3.05) is 0 Å². The van der Waals surface area contributed by atoms with E-state index in [-0.39, 0.29) is 21.5 Å². The summed E-state index contributed by atoms with van der Waals surface area (Å²) in [6.45, 7) is 11.3. The molecule has 0 spiro atoms. The summed E-state index contributed by atoms with van der Waals surface area (Å²) in [4.78, 5) is 23.4. The van der Waals surface area contributed by atoms with Crippen LogP contribution >= 0.6 is 11.6 Å². The average molecular weight is 420 g/mol. The fourth-order valence-electron chi connectivity index (χ4n) is 2.28. The van der Waals surface area contributed by atoms with Gasteiger partial charge in [-0.3, -0.25) is 4.79 Å². The van der Waals surface area contributed by atoms with E-state index in [1.54, 1.807) is 0 Å². The molecule has 7 heteroatoms. The van der Waals surface area contributed by atoms with E-state index in [1.807, 2.05) is 24.3 Å². The van der Waals surface area contributed by atoms with E-state index >= 15 is 0 Å². The Morgan fingerprint density at radius 1 is 1.14 bits per heavy atom. The van der Waals surface area contributed by atoms with Gasteiger partial charge in [-0.25, -0.2) is 4.79 Å². The van der Waals surface area contributed by atoms with Crippen molar-refractivity contribution in [3.63, 3.8) is 0 Å². The van der Waals surface area contributed by atoms with E-state index in [0.29, 0.717) is 12.1 Å². The van der Waals surface area contributed by atoms with Gasteiger partial charge in [0.2, 0.25) is 8.32 Å². The Morgan fingerprint density at radius 3 is 2.39 bits per heavy atom. The summed E-state index contributed by atoms with van der Waals surface area (Å²) in [5, 5.41) is 12.0. The van der Waals surface area contributed by atoms with Crippen LogP contribution in [0.25, 0.3) is 0 Å². The normalized spacial score (nSPS) is 11.8. The number of rotatable bonds is 6. The highest BCUT2D eigenvalue weighted by Crippen LogP contribution is 2.37. The van der Waals surface area contributed by atoms with Crippen LogP contribution in [-0.2, 0) is 6.54 Å². The lowest BCUT2D eigenvalue weighted by molar-refractivity contribution is 0.0696. The summed E-state index contributed by atoms with van der Waals surface area (Å²) in [6.07, 6.45) is 0. The van der Waals surface area contributed by atoms with Crippen LogP contribution in [0.15, 0.2) is 42.5 Å². The van der Waals surface area contributed by atoms with E-state index in [4.69, 9.17) is 21.1 Å². The molecule has 0 atom stereocenters. The van der Waals surface area contributed by atoms with Crippen molar-refractivity contribution in [2.45, 2.75) is 45.4 Å². The van der Waals surface area contributed by atoms with Gasteiger partial charge >= 0.3 is 5.97 Å². The number of carboxylic acid groups (broad SMARTS) is 1. The minimum atomic E-state index is -1.94. The molecule has 5 nitrogen and oxygen atoms in total. The molecular formula is C21H26ClNO4Si. The third-order valence-corrected chi connectivity index (χ3v) is 9.66. The van der Waals surface area contributed by atoms with Gasteiger partial charge < -0.3 is 14.8 Å². The molecule has 150 valence electrons. The number of nitrogens with one attached hydrogen (secondary N) is 1. The molecule has 0 radical (unpaired) electrons. The van der Waals surface area contributed by atoms with Crippen LogP contribution in [0.1, 0.15) is 47.1 Å². The minimum Gasteiger partial charge on any atom is -0.543 e. The zero-order valence-corrected chi connectivity index (χ0v) is 18.6. The molecule has 0 aliphatic carbocycles. The largest absolute Gasteiger partial charge is 0.543 e. The van der Waals surface area contributed by atoms with Crippen LogP contribution in [-0.4, -0.2) is 25.3 Å². The molecular weight excluding hydrogens is 394 g/mol. The second kappa shape index (κ2) is 8.37. The van der Waals surface area contributed by atoms with Gasteiger partial charge in [-0.05, 0) is 54.0 Å². The van der Waals surface area contributed by atoms with Crippen LogP contribution in [0.3, 0.4) is 0 Å². The Balaban J connectivity index is 2.06. The van der Waals surface area contributed by atoms with Crippen molar-refractivity contribution >= 4 is 31.8 Å². The zero-order chi connectivity index (χ0) is 21.1. The lowest BCUT2D eigenvalue weighted by Crippen LogP contribution is -2.43. The number of carboxylic acids is 1. The quantitative estimate of drug-likeness (QED) is 0.618. The zero-order valence-electron chi connectivity index (χ0n) is 16.8. The highest BCUT2D eigenvalue weighted by atomic mass is 35.5. The molecule has 0 aliphatic rings. The van der Waals surface area contributed by atoms with Crippen LogP contribution in [0.2, 0.25) is 23.2 Å². The Kier molecular flexibility index (Phi) is 6.57. The lowest BCUT2D eigenvalue weighted by Gasteiger charge is -2.36. The molecule has 0 bridgehead atoms. The van der Waals surface area contributed by atoms with Gasteiger partial charge in [-0.2, -0.15) is 0 Å². The second-order valence-corrected chi connectivity index (χ2v) is 13.3. The molecule has 0 saturated carbocycles. The summed E-state index contributed by atoms with van der Waals surface area (Å²) in [6, 6.07) is 11.8. The van der Waals surface area contributed by atoms with Gasteiger partial charge in [0.05, 0.1) is 10.6 Å². The Hall–Kier alpha value is -2.31. The fourth-order valence-corrected chi connectivity index (χ4v) is 3.56. The van der Waals surface area contributed by atoms with Crippen molar-refractivity contribution < 1.29 is 19.1 Å². The van der Waals surface area contributed by atoms with E-state index in [2.05, 4.69) is 39.2 Å². The van der Waals surface area contributed by atoms with E-state index in [0.717, 1.165) is 11.3 Å². The maximum Gasteiger partial charge on any atom is 0.337 e. The summed E-state index contributed by atoms with van der Waals surface area (Å²) in [5.74, 6) is -0.655. The summed E-state index contributed by atoms with van der Waals surface area (Å²) >= 11 is 5.93. The lowest BCUT2D eigenvalue weighted by atomic mass is 10.1. The van der Waals surface area contributed by atoms with Crippen molar-refractivity contribution in [2.24, 2.45) is 0 Å². The smallest absolute Gasteiger partial charge is 0.337 e. The molecule has 28 heavy (non-hydrogen) atoms. The maximum atomic E-state index is 12.4. The van der Waals surface area contributed by atoms with Gasteiger partial charge in [0.1, 0.15) is 5.75 Å². The molecule has 0 unspecified atom stereocenters. The predicted molar refractivity (Wildman–Crippen MR) is 114 cm³/mol. The van der Waals surface area contributed by atoms with Crippen molar-refractivity contribution in [3.05, 3.63) is 64.2 Å². The van der Waals surface area contributed by atoms with Gasteiger partial charge in [0.15, 0.2) is 0 Å². The number of carbonyl (C=O) groups is 2. The van der Waals surface area contributed by atoms with E-state index in [1.165, 1.54) is 18.2 Å². The van der Waals surface area contributed by atoms with Crippen molar-refractivity contribution in [1.29, 1.82) is 0 Å². The Labute approximate surface area is 171 Å². The summed E-state index contributed by atoms with van der Waals surface area (Å²) in [7, 11) is -1.94.